The predicted octanol–water partition coefficient (Wildman–Crippen LogP) is 3.39. The standard InChI is InChI=1S/C17H34N6O/c1-2-3-13-24-14-11-9-7-5-4-6-8-10-12-20-17-22-15(18)21-16(19)23-17/h2-14H2,1H3,(H5,18,19,20,21,22,23). The number of hydrogen-bond donors (Lipinski definition) is 3. The molecule has 0 aliphatic carbocycles. The molecule has 0 radical (unpaired) electrons. The smallest absolute Gasteiger partial charge is 0.229 e. The largest absolute Gasteiger partial charge is 0.381 e. The zero-order valence-corrected chi connectivity index (χ0v) is 15.1. The molecule has 1 heterocycles. The molecule has 1 aromatic heterocycles. The van der Waals surface area contributed by atoms with Crippen LogP contribution in [0.5, 0.6) is 0 Å². The lowest BCUT2D eigenvalue weighted by molar-refractivity contribution is 0.127. The zero-order valence-electron chi connectivity index (χ0n) is 15.1. The third-order valence-electron chi connectivity index (χ3n) is 3.81. The van der Waals surface area contributed by atoms with Crippen LogP contribution >= 0.6 is 0 Å². The van der Waals surface area contributed by atoms with Crippen molar-refractivity contribution in [2.75, 3.05) is 36.5 Å². The van der Waals surface area contributed by atoms with Crippen molar-refractivity contribution in [3.8, 4) is 0 Å². The topological polar surface area (TPSA) is 112 Å². The molecule has 0 aliphatic rings. The summed E-state index contributed by atoms with van der Waals surface area (Å²) in [6, 6.07) is 0. The summed E-state index contributed by atoms with van der Waals surface area (Å²) in [6.07, 6.45) is 12.4. The predicted molar refractivity (Wildman–Crippen MR) is 99.8 cm³/mol. The second-order valence-electron chi connectivity index (χ2n) is 6.10. The van der Waals surface area contributed by atoms with Gasteiger partial charge in [0.2, 0.25) is 17.8 Å². The summed E-state index contributed by atoms with van der Waals surface area (Å²) in [5.41, 5.74) is 11.0. The summed E-state index contributed by atoms with van der Waals surface area (Å²) in [4.78, 5) is 11.7. The molecule has 138 valence electrons. The monoisotopic (exact) mass is 338 g/mol. The van der Waals surface area contributed by atoms with Gasteiger partial charge in [-0.15, -0.1) is 0 Å². The molecule has 0 bridgehead atoms. The fraction of sp³-hybridized carbons (Fsp3) is 0.824. The molecule has 0 saturated carbocycles. The van der Waals surface area contributed by atoms with Gasteiger partial charge < -0.3 is 21.5 Å². The number of nitrogens with zero attached hydrogens (tertiary/aromatic N) is 3. The van der Waals surface area contributed by atoms with E-state index in [2.05, 4.69) is 27.2 Å². The molecule has 0 aromatic carbocycles. The lowest BCUT2D eigenvalue weighted by atomic mass is 10.1. The first-order valence-electron chi connectivity index (χ1n) is 9.31. The first-order chi connectivity index (χ1) is 11.7. The Kier molecular flexibility index (Phi) is 11.7. The van der Waals surface area contributed by atoms with Gasteiger partial charge in [-0.1, -0.05) is 51.9 Å². The fourth-order valence-electron chi connectivity index (χ4n) is 2.43. The average molecular weight is 338 g/mol. The summed E-state index contributed by atoms with van der Waals surface area (Å²) in [5.74, 6) is 0.766. The first kappa shape index (κ1) is 20.4. The molecule has 7 nitrogen and oxygen atoms in total. The van der Waals surface area contributed by atoms with Crippen molar-refractivity contribution < 1.29 is 4.74 Å². The van der Waals surface area contributed by atoms with Crippen molar-refractivity contribution in [3.05, 3.63) is 0 Å². The summed E-state index contributed by atoms with van der Waals surface area (Å²) >= 11 is 0. The van der Waals surface area contributed by atoms with Crippen molar-refractivity contribution in [3.63, 3.8) is 0 Å². The minimum atomic E-state index is 0.153. The highest BCUT2D eigenvalue weighted by Gasteiger charge is 2.00. The van der Waals surface area contributed by atoms with Crippen LogP contribution in [0.3, 0.4) is 0 Å². The Labute approximate surface area is 146 Å². The molecule has 0 amide bonds. The minimum absolute atomic E-state index is 0.153. The van der Waals surface area contributed by atoms with E-state index in [0.717, 1.165) is 26.2 Å². The van der Waals surface area contributed by atoms with E-state index in [1.807, 2.05) is 0 Å². The number of anilines is 3. The molecule has 0 spiro atoms. The van der Waals surface area contributed by atoms with Gasteiger partial charge in [0.25, 0.3) is 0 Å². The van der Waals surface area contributed by atoms with Gasteiger partial charge in [-0.25, -0.2) is 0 Å². The van der Waals surface area contributed by atoms with Crippen LogP contribution in [0.4, 0.5) is 17.8 Å². The number of nitrogens with two attached hydrogens (primary N) is 2. The van der Waals surface area contributed by atoms with Crippen LogP contribution in [-0.4, -0.2) is 34.7 Å². The molecule has 0 unspecified atom stereocenters. The second-order valence-corrected chi connectivity index (χ2v) is 6.10. The number of unbranched alkanes of at least 4 members (excludes halogenated alkanes) is 8. The summed E-state index contributed by atoms with van der Waals surface area (Å²) < 4.78 is 5.56. The van der Waals surface area contributed by atoms with Crippen LogP contribution in [0, 0.1) is 0 Å². The Morgan fingerprint density at radius 1 is 0.750 bits per heavy atom. The van der Waals surface area contributed by atoms with Crippen LogP contribution in [-0.2, 0) is 4.74 Å². The lowest BCUT2D eigenvalue weighted by Gasteiger charge is -2.06. The van der Waals surface area contributed by atoms with Crippen molar-refractivity contribution in [2.24, 2.45) is 0 Å². The molecule has 0 aliphatic heterocycles. The van der Waals surface area contributed by atoms with Gasteiger partial charge in [-0.2, -0.15) is 15.0 Å². The molecule has 0 fully saturated rings. The number of ether oxygens (including phenoxy) is 1. The molecular weight excluding hydrogens is 304 g/mol. The van der Waals surface area contributed by atoms with Gasteiger partial charge in [0, 0.05) is 19.8 Å². The average Bonchev–Trinajstić information content (AvgIpc) is 2.54. The van der Waals surface area contributed by atoms with E-state index in [1.165, 1.54) is 57.8 Å². The van der Waals surface area contributed by atoms with Crippen molar-refractivity contribution in [1.29, 1.82) is 0 Å². The van der Waals surface area contributed by atoms with E-state index < -0.39 is 0 Å². The van der Waals surface area contributed by atoms with Crippen LogP contribution < -0.4 is 16.8 Å². The normalized spacial score (nSPS) is 10.9. The maximum atomic E-state index is 5.56. The van der Waals surface area contributed by atoms with Crippen LogP contribution in [0.1, 0.15) is 71.1 Å². The molecule has 24 heavy (non-hydrogen) atoms. The van der Waals surface area contributed by atoms with E-state index in [1.54, 1.807) is 0 Å². The van der Waals surface area contributed by atoms with Gasteiger partial charge in [-0.05, 0) is 19.3 Å². The Morgan fingerprint density at radius 2 is 1.29 bits per heavy atom. The van der Waals surface area contributed by atoms with Crippen molar-refractivity contribution in [1.82, 2.24) is 15.0 Å². The number of rotatable bonds is 15. The minimum Gasteiger partial charge on any atom is -0.381 e. The molecular formula is C17H34N6O. The van der Waals surface area contributed by atoms with Crippen molar-refractivity contribution >= 4 is 17.8 Å². The van der Waals surface area contributed by atoms with E-state index in [9.17, 15) is 0 Å². The van der Waals surface area contributed by atoms with E-state index >= 15 is 0 Å². The van der Waals surface area contributed by atoms with Gasteiger partial charge in [-0.3, -0.25) is 0 Å². The van der Waals surface area contributed by atoms with Gasteiger partial charge in [0.15, 0.2) is 0 Å². The van der Waals surface area contributed by atoms with Gasteiger partial charge >= 0.3 is 0 Å². The lowest BCUT2D eigenvalue weighted by Crippen LogP contribution is -2.10. The van der Waals surface area contributed by atoms with Gasteiger partial charge in [0.1, 0.15) is 0 Å². The fourth-order valence-corrected chi connectivity index (χ4v) is 2.43. The molecule has 7 heteroatoms. The molecule has 5 N–H and O–H groups in total. The van der Waals surface area contributed by atoms with Crippen LogP contribution in [0.15, 0.2) is 0 Å². The maximum Gasteiger partial charge on any atom is 0.229 e. The van der Waals surface area contributed by atoms with Crippen LogP contribution in [0.25, 0.3) is 0 Å². The number of nitrogen functional groups attached to an aromatic ring is 2. The quantitative estimate of drug-likeness (QED) is 0.420. The third kappa shape index (κ3) is 11.0. The first-order valence-corrected chi connectivity index (χ1v) is 9.31. The number of aromatic nitrogens is 3. The van der Waals surface area contributed by atoms with Crippen molar-refractivity contribution in [2.45, 2.75) is 71.1 Å². The molecule has 0 saturated heterocycles. The van der Waals surface area contributed by atoms with Crippen LogP contribution in [0.2, 0.25) is 0 Å². The Balaban J connectivity index is 1.84. The summed E-state index contributed by atoms with van der Waals surface area (Å²) in [5, 5.41) is 3.13. The van der Waals surface area contributed by atoms with Gasteiger partial charge in [0.05, 0.1) is 0 Å². The highest BCUT2D eigenvalue weighted by Crippen LogP contribution is 2.09. The number of nitrogens with one attached hydrogen (secondary N) is 1. The summed E-state index contributed by atoms with van der Waals surface area (Å²) in [6.45, 7) is 4.88. The Morgan fingerprint density at radius 3 is 1.92 bits per heavy atom. The summed E-state index contributed by atoms with van der Waals surface area (Å²) in [7, 11) is 0. The van der Waals surface area contributed by atoms with E-state index in [0.29, 0.717) is 5.95 Å². The molecule has 1 aromatic rings. The van der Waals surface area contributed by atoms with E-state index in [-0.39, 0.29) is 11.9 Å². The maximum absolute atomic E-state index is 5.56. The third-order valence-corrected chi connectivity index (χ3v) is 3.81. The second kappa shape index (κ2) is 13.8. The highest BCUT2D eigenvalue weighted by molar-refractivity contribution is 5.36. The number of hydrogen-bond acceptors (Lipinski definition) is 7. The zero-order chi connectivity index (χ0) is 17.5. The Hall–Kier alpha value is -1.63. The molecule has 0 atom stereocenters. The highest BCUT2D eigenvalue weighted by atomic mass is 16.5. The molecule has 1 rings (SSSR count). The Bertz CT molecular complexity index is 409. The van der Waals surface area contributed by atoms with E-state index in [4.69, 9.17) is 16.2 Å². The SMILES string of the molecule is CCCCOCCCCCCCCCCNc1nc(N)nc(N)n1.